The number of rotatable bonds is 3. The van der Waals surface area contributed by atoms with Crippen LogP contribution in [0.4, 0.5) is 19.1 Å². The lowest BCUT2D eigenvalue weighted by Gasteiger charge is -2.21. The molecule has 5 nitrogen and oxygen atoms in total. The fraction of sp³-hybridized carbons (Fsp3) is 0.421. The SMILES string of the molecule is O=C(O)c1cnc(N2C[C@H]3C[C@H](c4ccccc4C(F)(F)F)C[C@H]3C2)nc1. The number of halogens is 3. The predicted octanol–water partition coefficient (Wildman–Crippen LogP) is 3.82. The minimum atomic E-state index is -4.33. The summed E-state index contributed by atoms with van der Waals surface area (Å²) in [5, 5.41) is 8.92. The average molecular weight is 377 g/mol. The van der Waals surface area contributed by atoms with Gasteiger partial charge in [-0.05, 0) is 42.2 Å². The molecule has 1 saturated carbocycles. The highest BCUT2D eigenvalue weighted by Gasteiger charge is 2.44. The summed E-state index contributed by atoms with van der Waals surface area (Å²) in [6.07, 6.45) is -0.356. The maximum absolute atomic E-state index is 13.3. The van der Waals surface area contributed by atoms with Crippen molar-refractivity contribution in [1.82, 2.24) is 9.97 Å². The first kappa shape index (κ1) is 17.8. The second-order valence-electron chi connectivity index (χ2n) is 7.26. The number of aromatic carboxylic acids is 1. The van der Waals surface area contributed by atoms with Crippen molar-refractivity contribution in [2.75, 3.05) is 18.0 Å². The molecule has 2 fully saturated rings. The lowest BCUT2D eigenvalue weighted by Crippen LogP contribution is -2.24. The summed E-state index contributed by atoms with van der Waals surface area (Å²) in [5.74, 6) is -0.110. The van der Waals surface area contributed by atoms with Gasteiger partial charge in [-0.2, -0.15) is 13.2 Å². The first-order chi connectivity index (χ1) is 12.8. The van der Waals surface area contributed by atoms with Crippen LogP contribution in [0.15, 0.2) is 36.7 Å². The Morgan fingerprint density at radius 3 is 2.22 bits per heavy atom. The van der Waals surface area contributed by atoms with Crippen LogP contribution in [0, 0.1) is 11.8 Å². The number of carboxylic acid groups (broad SMARTS) is 1. The van der Waals surface area contributed by atoms with Crippen LogP contribution < -0.4 is 4.90 Å². The molecule has 2 aliphatic rings. The maximum Gasteiger partial charge on any atom is 0.416 e. The number of carbonyl (C=O) groups is 1. The molecule has 27 heavy (non-hydrogen) atoms. The molecule has 142 valence electrons. The van der Waals surface area contributed by atoms with Gasteiger partial charge >= 0.3 is 12.1 Å². The second-order valence-corrected chi connectivity index (χ2v) is 7.26. The van der Waals surface area contributed by atoms with Crippen LogP contribution in [0.1, 0.15) is 40.2 Å². The van der Waals surface area contributed by atoms with Crippen molar-refractivity contribution in [3.63, 3.8) is 0 Å². The molecule has 2 heterocycles. The van der Waals surface area contributed by atoms with E-state index in [2.05, 4.69) is 9.97 Å². The van der Waals surface area contributed by atoms with Crippen LogP contribution in [0.5, 0.6) is 0 Å². The molecule has 2 aromatic rings. The van der Waals surface area contributed by atoms with Gasteiger partial charge < -0.3 is 10.0 Å². The van der Waals surface area contributed by atoms with Gasteiger partial charge in [0, 0.05) is 25.5 Å². The van der Waals surface area contributed by atoms with Gasteiger partial charge in [0.15, 0.2) is 0 Å². The summed E-state index contributed by atoms with van der Waals surface area (Å²) in [5.41, 5.74) is -0.102. The molecule has 1 aromatic heterocycles. The van der Waals surface area contributed by atoms with Crippen molar-refractivity contribution in [2.24, 2.45) is 11.8 Å². The maximum atomic E-state index is 13.3. The number of nitrogens with zero attached hydrogens (tertiary/aromatic N) is 3. The van der Waals surface area contributed by atoms with E-state index >= 15 is 0 Å². The Bertz CT molecular complexity index is 840. The number of aromatic nitrogens is 2. The number of fused-ring (bicyclic) bond motifs is 1. The van der Waals surface area contributed by atoms with E-state index in [1.807, 2.05) is 4.90 Å². The molecular weight excluding hydrogens is 359 g/mol. The molecule has 0 bridgehead atoms. The van der Waals surface area contributed by atoms with Crippen molar-refractivity contribution >= 4 is 11.9 Å². The Labute approximate surface area is 153 Å². The van der Waals surface area contributed by atoms with Crippen LogP contribution in [0.3, 0.4) is 0 Å². The van der Waals surface area contributed by atoms with Crippen molar-refractivity contribution in [1.29, 1.82) is 0 Å². The largest absolute Gasteiger partial charge is 0.478 e. The lowest BCUT2D eigenvalue weighted by molar-refractivity contribution is -0.138. The van der Waals surface area contributed by atoms with E-state index in [4.69, 9.17) is 5.11 Å². The highest BCUT2D eigenvalue weighted by atomic mass is 19.4. The molecule has 4 rings (SSSR count). The van der Waals surface area contributed by atoms with Gasteiger partial charge in [0.25, 0.3) is 0 Å². The van der Waals surface area contributed by atoms with E-state index in [0.717, 1.165) is 6.07 Å². The Morgan fingerprint density at radius 1 is 1.07 bits per heavy atom. The van der Waals surface area contributed by atoms with Gasteiger partial charge in [-0.15, -0.1) is 0 Å². The number of hydrogen-bond acceptors (Lipinski definition) is 4. The van der Waals surface area contributed by atoms with Gasteiger partial charge in [-0.25, -0.2) is 14.8 Å². The van der Waals surface area contributed by atoms with Crippen molar-refractivity contribution in [3.8, 4) is 0 Å². The van der Waals surface area contributed by atoms with Crippen LogP contribution in [-0.4, -0.2) is 34.1 Å². The van der Waals surface area contributed by atoms with E-state index in [0.29, 0.717) is 49.3 Å². The molecule has 0 radical (unpaired) electrons. The number of benzene rings is 1. The molecular formula is C19H18F3N3O2. The number of carboxylic acids is 1. The molecule has 0 amide bonds. The minimum Gasteiger partial charge on any atom is -0.478 e. The van der Waals surface area contributed by atoms with Crippen molar-refractivity contribution in [3.05, 3.63) is 53.3 Å². The summed E-state index contributed by atoms with van der Waals surface area (Å²) >= 11 is 0. The number of hydrogen-bond donors (Lipinski definition) is 1. The zero-order valence-corrected chi connectivity index (χ0v) is 14.4. The first-order valence-electron chi connectivity index (χ1n) is 8.79. The molecule has 8 heteroatoms. The van der Waals surface area contributed by atoms with Crippen molar-refractivity contribution in [2.45, 2.75) is 24.9 Å². The smallest absolute Gasteiger partial charge is 0.416 e. The van der Waals surface area contributed by atoms with Crippen molar-refractivity contribution < 1.29 is 23.1 Å². The Kier molecular flexibility index (Phi) is 4.28. The molecule has 1 aromatic carbocycles. The molecule has 1 saturated heterocycles. The lowest BCUT2D eigenvalue weighted by atomic mass is 9.91. The third-order valence-corrected chi connectivity index (χ3v) is 5.63. The highest BCUT2D eigenvalue weighted by molar-refractivity contribution is 5.86. The van der Waals surface area contributed by atoms with E-state index < -0.39 is 17.7 Å². The third kappa shape index (κ3) is 3.36. The predicted molar refractivity (Wildman–Crippen MR) is 91.6 cm³/mol. The van der Waals surface area contributed by atoms with E-state index in [1.165, 1.54) is 18.5 Å². The normalized spacial score (nSPS) is 24.9. The summed E-state index contributed by atoms with van der Waals surface area (Å²) in [6, 6.07) is 5.86. The molecule has 1 aliphatic carbocycles. The number of anilines is 1. The van der Waals surface area contributed by atoms with Crippen LogP contribution in [-0.2, 0) is 6.18 Å². The summed E-state index contributed by atoms with van der Waals surface area (Å²) in [6.45, 7) is 1.36. The zero-order valence-electron chi connectivity index (χ0n) is 14.4. The highest BCUT2D eigenvalue weighted by Crippen LogP contribution is 2.49. The quantitative estimate of drug-likeness (QED) is 0.881. The van der Waals surface area contributed by atoms with Gasteiger partial charge in [-0.3, -0.25) is 0 Å². The van der Waals surface area contributed by atoms with Crippen LogP contribution in [0.25, 0.3) is 0 Å². The average Bonchev–Trinajstić information content (AvgIpc) is 3.20. The Morgan fingerprint density at radius 2 is 1.67 bits per heavy atom. The van der Waals surface area contributed by atoms with Gasteiger partial charge in [0.1, 0.15) is 0 Å². The summed E-state index contributed by atoms with van der Waals surface area (Å²) < 4.78 is 39.9. The Balaban J connectivity index is 1.47. The van der Waals surface area contributed by atoms with Crippen LogP contribution >= 0.6 is 0 Å². The van der Waals surface area contributed by atoms with Gasteiger partial charge in [-0.1, -0.05) is 18.2 Å². The molecule has 1 N–H and O–H groups in total. The summed E-state index contributed by atoms with van der Waals surface area (Å²) in [7, 11) is 0. The molecule has 1 aliphatic heterocycles. The standard InChI is InChI=1S/C19H18F3N3O2/c20-19(21,22)16-4-2-1-3-15(16)11-5-12-9-25(10-13(12)6-11)18-23-7-14(8-24-18)17(26)27/h1-4,7-8,11-13H,5-6,9-10H2,(H,26,27)/t11-,12+,13-. The van der Waals surface area contributed by atoms with E-state index in [1.54, 1.807) is 12.1 Å². The Hall–Kier alpha value is -2.64. The third-order valence-electron chi connectivity index (χ3n) is 5.63. The minimum absolute atomic E-state index is 0.0296. The topological polar surface area (TPSA) is 66.3 Å². The summed E-state index contributed by atoms with van der Waals surface area (Å²) in [4.78, 5) is 21.1. The van der Waals surface area contributed by atoms with E-state index in [-0.39, 0.29) is 11.5 Å². The molecule has 0 spiro atoms. The fourth-order valence-corrected chi connectivity index (χ4v) is 4.42. The first-order valence-corrected chi connectivity index (χ1v) is 8.79. The monoisotopic (exact) mass is 377 g/mol. The number of alkyl halides is 3. The second kappa shape index (κ2) is 6.51. The molecule has 0 unspecified atom stereocenters. The fourth-order valence-electron chi connectivity index (χ4n) is 4.42. The molecule has 3 atom stereocenters. The van der Waals surface area contributed by atoms with Gasteiger partial charge in [0.05, 0.1) is 11.1 Å². The van der Waals surface area contributed by atoms with Crippen LogP contribution in [0.2, 0.25) is 0 Å². The van der Waals surface area contributed by atoms with Gasteiger partial charge in [0.2, 0.25) is 5.95 Å². The zero-order chi connectivity index (χ0) is 19.2. The van der Waals surface area contributed by atoms with E-state index in [9.17, 15) is 18.0 Å².